The summed E-state index contributed by atoms with van der Waals surface area (Å²) < 4.78 is 5.37. The van der Waals surface area contributed by atoms with Gasteiger partial charge in [-0.05, 0) is 24.3 Å². The van der Waals surface area contributed by atoms with Crippen LogP contribution < -0.4 is 4.90 Å². The van der Waals surface area contributed by atoms with Crippen molar-refractivity contribution in [1.82, 2.24) is 4.98 Å². The molecule has 0 spiro atoms. The lowest BCUT2D eigenvalue weighted by Crippen LogP contribution is -2.36. The maximum atomic E-state index is 8.70. The summed E-state index contributed by atoms with van der Waals surface area (Å²) >= 11 is 0. The van der Waals surface area contributed by atoms with Crippen LogP contribution in [-0.2, 0) is 11.2 Å². The summed E-state index contributed by atoms with van der Waals surface area (Å²) in [7, 11) is 0. The number of hydrogen-bond acceptors (Lipinski definition) is 4. The molecule has 2 heterocycles. The van der Waals surface area contributed by atoms with Gasteiger partial charge in [-0.25, -0.2) is 0 Å². The fourth-order valence-corrected chi connectivity index (χ4v) is 2.35. The van der Waals surface area contributed by atoms with E-state index in [1.807, 2.05) is 18.2 Å². The first-order valence-electron chi connectivity index (χ1n) is 6.46. The number of pyridine rings is 1. The Bertz CT molecular complexity index is 627. The highest BCUT2D eigenvalue weighted by Crippen LogP contribution is 2.22. The summed E-state index contributed by atoms with van der Waals surface area (Å²) in [6.45, 7) is 3.45. The number of rotatable bonds is 2. The van der Waals surface area contributed by atoms with E-state index in [2.05, 4.69) is 28.1 Å². The van der Waals surface area contributed by atoms with E-state index in [-0.39, 0.29) is 0 Å². The Labute approximate surface area is 112 Å². The first kappa shape index (κ1) is 11.9. The molecule has 0 unspecified atom stereocenters. The first-order chi connectivity index (χ1) is 9.36. The average Bonchev–Trinajstić information content (AvgIpc) is 2.48. The summed E-state index contributed by atoms with van der Waals surface area (Å²) in [5.74, 6) is 0. The Hall–Kier alpha value is -2.12. The third-order valence-electron chi connectivity index (χ3n) is 3.37. The van der Waals surface area contributed by atoms with Crippen molar-refractivity contribution in [1.29, 1.82) is 5.26 Å². The fraction of sp³-hybridized carbons (Fsp3) is 0.333. The topological polar surface area (TPSA) is 49.2 Å². The molecule has 1 aromatic carbocycles. The van der Waals surface area contributed by atoms with Crippen LogP contribution in [0.3, 0.4) is 0 Å². The molecule has 0 saturated carbocycles. The molecule has 0 atom stereocenters. The van der Waals surface area contributed by atoms with E-state index in [9.17, 15) is 0 Å². The van der Waals surface area contributed by atoms with Gasteiger partial charge in [0.25, 0.3) is 0 Å². The van der Waals surface area contributed by atoms with Crippen LogP contribution >= 0.6 is 0 Å². The number of nitrogens with zero attached hydrogens (tertiary/aromatic N) is 3. The van der Waals surface area contributed by atoms with E-state index in [4.69, 9.17) is 10.00 Å². The minimum absolute atomic E-state index is 0.362. The van der Waals surface area contributed by atoms with Gasteiger partial charge in [0.1, 0.15) is 0 Å². The van der Waals surface area contributed by atoms with Gasteiger partial charge in [0, 0.05) is 24.2 Å². The molecule has 0 radical (unpaired) electrons. The van der Waals surface area contributed by atoms with E-state index in [0.29, 0.717) is 6.42 Å². The van der Waals surface area contributed by atoms with Crippen molar-refractivity contribution in [3.05, 3.63) is 36.0 Å². The Morgan fingerprint density at radius 3 is 2.84 bits per heavy atom. The average molecular weight is 253 g/mol. The highest BCUT2D eigenvalue weighted by Gasteiger charge is 2.11. The molecule has 1 aliphatic rings. The molecule has 0 bridgehead atoms. The highest BCUT2D eigenvalue weighted by molar-refractivity contribution is 5.82. The highest BCUT2D eigenvalue weighted by atomic mass is 16.5. The van der Waals surface area contributed by atoms with Crippen molar-refractivity contribution in [3.8, 4) is 6.07 Å². The lowest BCUT2D eigenvalue weighted by atomic mass is 10.1. The van der Waals surface area contributed by atoms with Gasteiger partial charge in [0.15, 0.2) is 0 Å². The zero-order valence-electron chi connectivity index (χ0n) is 10.7. The maximum Gasteiger partial charge on any atom is 0.0774 e. The van der Waals surface area contributed by atoms with Crippen LogP contribution in [0.2, 0.25) is 0 Å². The molecular formula is C15H15N3O. The van der Waals surface area contributed by atoms with E-state index in [1.165, 1.54) is 5.69 Å². The number of fused-ring (bicyclic) bond motifs is 1. The Balaban J connectivity index is 1.93. The SMILES string of the molecule is N#CCc1ccc2cc(N3CCOCC3)ccc2n1. The molecule has 1 fully saturated rings. The number of morpholine rings is 1. The number of benzene rings is 1. The van der Waals surface area contributed by atoms with Crippen LogP contribution in [0.5, 0.6) is 0 Å². The van der Waals surface area contributed by atoms with Gasteiger partial charge in [-0.1, -0.05) is 6.07 Å². The van der Waals surface area contributed by atoms with Crippen LogP contribution in [0.15, 0.2) is 30.3 Å². The quantitative estimate of drug-likeness (QED) is 0.822. The van der Waals surface area contributed by atoms with Crippen LogP contribution in [-0.4, -0.2) is 31.3 Å². The largest absolute Gasteiger partial charge is 0.378 e. The molecule has 0 aliphatic carbocycles. The second-order valence-corrected chi connectivity index (χ2v) is 4.61. The van der Waals surface area contributed by atoms with E-state index in [0.717, 1.165) is 42.9 Å². The molecule has 4 nitrogen and oxygen atoms in total. The third-order valence-corrected chi connectivity index (χ3v) is 3.37. The molecular weight excluding hydrogens is 238 g/mol. The summed E-state index contributed by atoms with van der Waals surface area (Å²) in [5, 5.41) is 9.81. The minimum Gasteiger partial charge on any atom is -0.378 e. The van der Waals surface area contributed by atoms with Crippen molar-refractivity contribution in [3.63, 3.8) is 0 Å². The maximum absolute atomic E-state index is 8.70. The van der Waals surface area contributed by atoms with Gasteiger partial charge in [-0.15, -0.1) is 0 Å². The van der Waals surface area contributed by atoms with Gasteiger partial charge >= 0.3 is 0 Å². The van der Waals surface area contributed by atoms with Gasteiger partial charge in [0.05, 0.1) is 36.9 Å². The van der Waals surface area contributed by atoms with Gasteiger partial charge in [0.2, 0.25) is 0 Å². The van der Waals surface area contributed by atoms with Crippen molar-refractivity contribution >= 4 is 16.6 Å². The molecule has 2 aromatic rings. The predicted octanol–water partition coefficient (Wildman–Crippen LogP) is 2.14. The molecule has 1 saturated heterocycles. The molecule has 4 heteroatoms. The van der Waals surface area contributed by atoms with E-state index < -0.39 is 0 Å². The van der Waals surface area contributed by atoms with Gasteiger partial charge < -0.3 is 9.64 Å². The fourth-order valence-electron chi connectivity index (χ4n) is 2.35. The second-order valence-electron chi connectivity index (χ2n) is 4.61. The van der Waals surface area contributed by atoms with Crippen LogP contribution in [0.25, 0.3) is 10.9 Å². The van der Waals surface area contributed by atoms with Crippen LogP contribution in [0.1, 0.15) is 5.69 Å². The normalized spacial score (nSPS) is 15.4. The Morgan fingerprint density at radius 1 is 1.21 bits per heavy atom. The zero-order valence-corrected chi connectivity index (χ0v) is 10.7. The smallest absolute Gasteiger partial charge is 0.0774 e. The number of hydrogen-bond donors (Lipinski definition) is 0. The number of aromatic nitrogens is 1. The van der Waals surface area contributed by atoms with Crippen molar-refractivity contribution in [2.75, 3.05) is 31.2 Å². The van der Waals surface area contributed by atoms with Gasteiger partial charge in [-0.2, -0.15) is 5.26 Å². The lowest BCUT2D eigenvalue weighted by molar-refractivity contribution is 0.122. The van der Waals surface area contributed by atoms with Crippen LogP contribution in [0.4, 0.5) is 5.69 Å². The molecule has 0 N–H and O–H groups in total. The molecule has 96 valence electrons. The van der Waals surface area contributed by atoms with Crippen molar-refractivity contribution < 1.29 is 4.74 Å². The van der Waals surface area contributed by atoms with E-state index >= 15 is 0 Å². The number of nitriles is 1. The number of anilines is 1. The second kappa shape index (κ2) is 5.25. The molecule has 1 aromatic heterocycles. The third kappa shape index (κ3) is 2.51. The standard InChI is InChI=1S/C15H15N3O/c16-6-5-13-2-1-12-11-14(3-4-15(12)17-13)18-7-9-19-10-8-18/h1-4,11H,5,7-10H2. The summed E-state index contributed by atoms with van der Waals surface area (Å²) in [4.78, 5) is 6.81. The van der Waals surface area contributed by atoms with E-state index in [1.54, 1.807) is 0 Å². The summed E-state index contributed by atoms with van der Waals surface area (Å²) in [6, 6.07) is 12.4. The Morgan fingerprint density at radius 2 is 2.05 bits per heavy atom. The first-order valence-corrected chi connectivity index (χ1v) is 6.46. The van der Waals surface area contributed by atoms with Crippen molar-refractivity contribution in [2.45, 2.75) is 6.42 Å². The minimum atomic E-state index is 0.362. The molecule has 1 aliphatic heterocycles. The monoisotopic (exact) mass is 253 g/mol. The van der Waals surface area contributed by atoms with Crippen LogP contribution in [0, 0.1) is 11.3 Å². The zero-order chi connectivity index (χ0) is 13.1. The lowest BCUT2D eigenvalue weighted by Gasteiger charge is -2.29. The molecule has 0 amide bonds. The Kier molecular flexibility index (Phi) is 3.30. The molecule has 3 rings (SSSR count). The number of ether oxygens (including phenoxy) is 1. The molecule has 19 heavy (non-hydrogen) atoms. The predicted molar refractivity (Wildman–Crippen MR) is 74.1 cm³/mol. The van der Waals surface area contributed by atoms with Gasteiger partial charge in [-0.3, -0.25) is 4.98 Å². The summed E-state index contributed by atoms with van der Waals surface area (Å²) in [5.41, 5.74) is 2.99. The summed E-state index contributed by atoms with van der Waals surface area (Å²) in [6.07, 6.45) is 0.362. The van der Waals surface area contributed by atoms with Crippen molar-refractivity contribution in [2.24, 2.45) is 0 Å².